The van der Waals surface area contributed by atoms with E-state index in [1.807, 2.05) is 0 Å². The van der Waals surface area contributed by atoms with Crippen LogP contribution in [-0.4, -0.2) is 11.5 Å². The second-order valence-electron chi connectivity index (χ2n) is 4.32. The number of nitrogens with zero attached hydrogens (tertiary/aromatic N) is 1. The fraction of sp³-hybridized carbons (Fsp3) is 0.545. The first-order chi connectivity index (χ1) is 8.20. The Morgan fingerprint density at radius 3 is 2.53 bits per heavy atom. The van der Waals surface area contributed by atoms with Gasteiger partial charge in [0.05, 0.1) is 10.0 Å². The van der Waals surface area contributed by atoms with Gasteiger partial charge in [0.2, 0.25) is 0 Å². The Labute approximate surface area is 111 Å². The maximum absolute atomic E-state index is 6.07. The molecule has 0 unspecified atom stereocenters. The zero-order chi connectivity index (χ0) is 12.3. The molecule has 0 amide bonds. The fourth-order valence-corrected chi connectivity index (χ4v) is 2.63. The van der Waals surface area contributed by atoms with E-state index in [4.69, 9.17) is 29.0 Å². The van der Waals surface area contributed by atoms with Crippen LogP contribution in [0.1, 0.15) is 25.7 Å². The number of halogens is 2. The van der Waals surface area contributed by atoms with E-state index in [1.165, 1.54) is 25.7 Å². The molecule has 0 saturated heterocycles. The number of rotatable bonds is 4. The maximum Gasteiger partial charge on any atom is 0.161 e. The molecule has 4 nitrogen and oxygen atoms in total. The number of nitrogen functional groups attached to an aromatic ring is 1. The lowest BCUT2D eigenvalue weighted by atomic mass is 10.1. The molecule has 4 N–H and O–H groups in total. The molecular weight excluding hydrogens is 259 g/mol. The number of aromatic nitrogens is 1. The van der Waals surface area contributed by atoms with Crippen LogP contribution >= 0.6 is 23.2 Å². The molecular formula is C11H16Cl2N4. The number of hydrazine groups is 1. The standard InChI is InChI=1S/C11H16Cl2N4/c12-8-5-9(13)11(17-14)16-10(8)15-6-7-3-1-2-4-7/h5,7H,1-4,6,14H2,(H2,15,16,17). The number of nitrogens with two attached hydrogens (primary N) is 1. The average Bonchev–Trinajstić information content (AvgIpc) is 2.81. The Morgan fingerprint density at radius 2 is 1.88 bits per heavy atom. The highest BCUT2D eigenvalue weighted by atomic mass is 35.5. The second-order valence-corrected chi connectivity index (χ2v) is 5.14. The summed E-state index contributed by atoms with van der Waals surface area (Å²) < 4.78 is 0. The first kappa shape index (κ1) is 12.7. The van der Waals surface area contributed by atoms with E-state index in [-0.39, 0.29) is 0 Å². The average molecular weight is 275 g/mol. The molecule has 17 heavy (non-hydrogen) atoms. The van der Waals surface area contributed by atoms with Crippen molar-refractivity contribution in [2.75, 3.05) is 17.3 Å². The van der Waals surface area contributed by atoms with Crippen LogP contribution in [0.15, 0.2) is 6.07 Å². The minimum Gasteiger partial charge on any atom is -0.368 e. The lowest BCUT2D eigenvalue weighted by Crippen LogP contribution is -2.14. The van der Waals surface area contributed by atoms with Gasteiger partial charge in [0.1, 0.15) is 5.82 Å². The van der Waals surface area contributed by atoms with Crippen molar-refractivity contribution in [1.82, 2.24) is 4.98 Å². The van der Waals surface area contributed by atoms with Gasteiger partial charge in [-0.1, -0.05) is 36.0 Å². The Morgan fingerprint density at radius 1 is 1.24 bits per heavy atom. The molecule has 1 aliphatic carbocycles. The zero-order valence-corrected chi connectivity index (χ0v) is 11.0. The van der Waals surface area contributed by atoms with Gasteiger partial charge in [-0.2, -0.15) is 0 Å². The Kier molecular flexibility index (Phi) is 4.31. The van der Waals surface area contributed by atoms with Gasteiger partial charge in [0.15, 0.2) is 5.82 Å². The van der Waals surface area contributed by atoms with Gasteiger partial charge < -0.3 is 10.7 Å². The molecule has 1 aromatic heterocycles. The van der Waals surface area contributed by atoms with Gasteiger partial charge >= 0.3 is 0 Å². The van der Waals surface area contributed by atoms with E-state index in [0.29, 0.717) is 21.7 Å². The van der Waals surface area contributed by atoms with E-state index in [0.717, 1.165) is 12.5 Å². The fourth-order valence-electron chi connectivity index (χ4n) is 2.15. The molecule has 1 saturated carbocycles. The summed E-state index contributed by atoms with van der Waals surface area (Å²) in [7, 11) is 0. The number of hydrogen-bond donors (Lipinski definition) is 3. The van der Waals surface area contributed by atoms with Crippen LogP contribution < -0.4 is 16.6 Å². The zero-order valence-electron chi connectivity index (χ0n) is 9.47. The predicted octanol–water partition coefficient (Wildman–Crippen LogP) is 3.28. The lowest BCUT2D eigenvalue weighted by Gasteiger charge is -2.13. The van der Waals surface area contributed by atoms with Crippen LogP contribution in [0.5, 0.6) is 0 Å². The number of pyridine rings is 1. The summed E-state index contributed by atoms with van der Waals surface area (Å²) in [4.78, 5) is 4.24. The van der Waals surface area contributed by atoms with Crippen molar-refractivity contribution >= 4 is 34.8 Å². The van der Waals surface area contributed by atoms with E-state index >= 15 is 0 Å². The highest BCUT2D eigenvalue weighted by molar-refractivity contribution is 6.37. The summed E-state index contributed by atoms with van der Waals surface area (Å²) in [5, 5.41) is 4.20. The normalized spacial score (nSPS) is 16.2. The SMILES string of the molecule is NNc1nc(NCC2CCCC2)c(Cl)cc1Cl. The van der Waals surface area contributed by atoms with E-state index in [9.17, 15) is 0 Å². The van der Waals surface area contributed by atoms with Gasteiger partial charge in [0, 0.05) is 6.54 Å². The molecule has 2 rings (SSSR count). The van der Waals surface area contributed by atoms with Crippen molar-refractivity contribution < 1.29 is 0 Å². The third-order valence-electron chi connectivity index (χ3n) is 3.10. The molecule has 1 aliphatic rings. The summed E-state index contributed by atoms with van der Waals surface area (Å²) in [5.41, 5.74) is 2.45. The van der Waals surface area contributed by atoms with E-state index in [2.05, 4.69) is 15.7 Å². The largest absolute Gasteiger partial charge is 0.368 e. The Hall–Kier alpha value is -0.710. The third-order valence-corrected chi connectivity index (χ3v) is 3.68. The second kappa shape index (κ2) is 5.76. The molecule has 1 heterocycles. The van der Waals surface area contributed by atoms with Crippen molar-refractivity contribution in [2.45, 2.75) is 25.7 Å². The number of hydrogen-bond acceptors (Lipinski definition) is 4. The Balaban J connectivity index is 2.03. The topological polar surface area (TPSA) is 63.0 Å². The molecule has 1 aromatic rings. The van der Waals surface area contributed by atoms with E-state index < -0.39 is 0 Å². The van der Waals surface area contributed by atoms with Gasteiger partial charge in [-0.3, -0.25) is 0 Å². The monoisotopic (exact) mass is 274 g/mol. The van der Waals surface area contributed by atoms with Crippen molar-refractivity contribution in [3.63, 3.8) is 0 Å². The minimum absolute atomic E-state index is 0.420. The molecule has 94 valence electrons. The molecule has 0 spiro atoms. The quantitative estimate of drug-likeness (QED) is 0.583. The summed E-state index contributed by atoms with van der Waals surface area (Å²) in [6.45, 7) is 0.901. The van der Waals surface area contributed by atoms with E-state index in [1.54, 1.807) is 6.07 Å². The molecule has 0 bridgehead atoms. The third kappa shape index (κ3) is 3.15. The molecule has 0 atom stereocenters. The van der Waals surface area contributed by atoms with Crippen molar-refractivity contribution in [3.8, 4) is 0 Å². The molecule has 0 aliphatic heterocycles. The molecule has 6 heteroatoms. The van der Waals surface area contributed by atoms with Crippen LogP contribution in [0.25, 0.3) is 0 Å². The lowest BCUT2D eigenvalue weighted by molar-refractivity contribution is 0.579. The molecule has 1 fully saturated rings. The first-order valence-electron chi connectivity index (χ1n) is 5.77. The number of nitrogens with one attached hydrogen (secondary N) is 2. The van der Waals surface area contributed by atoms with Crippen LogP contribution in [0.3, 0.4) is 0 Å². The first-order valence-corrected chi connectivity index (χ1v) is 6.53. The summed E-state index contributed by atoms with van der Waals surface area (Å²) in [5.74, 6) is 7.11. The maximum atomic E-state index is 6.07. The number of anilines is 2. The van der Waals surface area contributed by atoms with Crippen molar-refractivity contribution in [2.24, 2.45) is 11.8 Å². The Bertz CT molecular complexity index is 391. The highest BCUT2D eigenvalue weighted by Crippen LogP contribution is 2.30. The molecule has 0 aromatic carbocycles. The molecule has 0 radical (unpaired) electrons. The van der Waals surface area contributed by atoms with Crippen LogP contribution in [-0.2, 0) is 0 Å². The summed E-state index contributed by atoms with van der Waals surface area (Å²) >= 11 is 12.0. The summed E-state index contributed by atoms with van der Waals surface area (Å²) in [6, 6.07) is 1.64. The van der Waals surface area contributed by atoms with Gasteiger partial charge in [0.25, 0.3) is 0 Å². The van der Waals surface area contributed by atoms with Crippen LogP contribution in [0, 0.1) is 5.92 Å². The van der Waals surface area contributed by atoms with Gasteiger partial charge in [-0.25, -0.2) is 10.8 Å². The van der Waals surface area contributed by atoms with Gasteiger partial charge in [-0.05, 0) is 24.8 Å². The van der Waals surface area contributed by atoms with Crippen LogP contribution in [0.2, 0.25) is 10.0 Å². The summed E-state index contributed by atoms with van der Waals surface area (Å²) in [6.07, 6.45) is 5.20. The highest BCUT2D eigenvalue weighted by Gasteiger charge is 2.16. The van der Waals surface area contributed by atoms with Crippen molar-refractivity contribution in [1.29, 1.82) is 0 Å². The van der Waals surface area contributed by atoms with Gasteiger partial charge in [-0.15, -0.1) is 0 Å². The predicted molar refractivity (Wildman–Crippen MR) is 72.5 cm³/mol. The van der Waals surface area contributed by atoms with Crippen molar-refractivity contribution in [3.05, 3.63) is 16.1 Å². The minimum atomic E-state index is 0.420. The smallest absolute Gasteiger partial charge is 0.161 e. The van der Waals surface area contributed by atoms with Crippen LogP contribution in [0.4, 0.5) is 11.6 Å².